The fraction of sp³-hybridized carbons (Fsp3) is 0. The fourth-order valence-electron chi connectivity index (χ4n) is 0. The fourth-order valence-corrected chi connectivity index (χ4v) is 0. The summed E-state index contributed by atoms with van der Waals surface area (Å²) < 4.78 is 0. The molecule has 0 aromatic rings. The van der Waals surface area contributed by atoms with Crippen LogP contribution in [0.15, 0.2) is 0 Å². The Morgan fingerprint density at radius 1 is 0.333 bits per heavy atom. The van der Waals surface area contributed by atoms with Crippen molar-refractivity contribution in [3.05, 3.63) is 0 Å². The van der Waals surface area contributed by atoms with E-state index in [4.69, 9.17) is 0 Å². The first-order valence-corrected chi connectivity index (χ1v) is 0. The summed E-state index contributed by atoms with van der Waals surface area (Å²) in [5, 5.41) is 0. The van der Waals surface area contributed by atoms with Gasteiger partial charge in [-0.1, -0.05) is 0 Å². The van der Waals surface area contributed by atoms with Crippen molar-refractivity contribution in [2.75, 3.05) is 0 Å². The van der Waals surface area contributed by atoms with E-state index in [1.54, 1.807) is 0 Å². The Balaban J connectivity index is 0. The maximum absolute atomic E-state index is 0. The summed E-state index contributed by atoms with van der Waals surface area (Å²) in [6.07, 6.45) is 0. The van der Waals surface area contributed by atoms with E-state index in [0.29, 0.717) is 0 Å². The summed E-state index contributed by atoms with van der Waals surface area (Å²) in [7, 11) is 0. The predicted molar refractivity (Wildman–Crippen MR) is 19.3 cm³/mol. The minimum absolute atomic E-state index is 0. The molecule has 0 aromatic heterocycles. The molecule has 0 saturated carbocycles. The first kappa shape index (κ1) is 898. The molecule has 0 unspecified atom stereocenters. The van der Waals surface area contributed by atoms with Crippen LogP contribution in [0.2, 0.25) is 0 Å². The maximum atomic E-state index is 0. The van der Waals surface area contributed by atoms with Gasteiger partial charge in [0.2, 0.25) is 0 Å². The minimum Gasteiger partial charge on any atom is -0.870 e. The average molecular weight is 242 g/mol. The molecule has 0 aliphatic heterocycles. The second-order valence-corrected chi connectivity index (χ2v) is 0. The summed E-state index contributed by atoms with van der Waals surface area (Å²) >= 11 is 0. The van der Waals surface area contributed by atoms with Gasteiger partial charge in [0.05, 0.1) is 0 Å². The Kier molecular flexibility index (Phi) is 63500. The SMILES string of the molecule is [Al+3].[Mo+4].[OH-].[OH-].[OH-].[OH-].[OH-].[OH-].[OH-]. The van der Waals surface area contributed by atoms with Gasteiger partial charge in [-0.15, -0.1) is 0 Å². The molecule has 0 rings (SSSR count). The first-order valence-electron chi connectivity index (χ1n) is 0. The molecule has 0 aliphatic carbocycles. The molecule has 0 heterocycles. The standard InChI is InChI=1S/Al.Mo.7H2O/h;;7*1H2/q+3;+4;;;;;;;/p-7. The van der Waals surface area contributed by atoms with Crippen molar-refractivity contribution in [2.24, 2.45) is 0 Å². The smallest absolute Gasteiger partial charge is 0.870 e. The maximum Gasteiger partial charge on any atom is 4.00 e. The van der Waals surface area contributed by atoms with E-state index >= 15 is 0 Å². The number of hydrogen-bond donors (Lipinski definition) is 0. The summed E-state index contributed by atoms with van der Waals surface area (Å²) in [5.74, 6) is 0. The van der Waals surface area contributed by atoms with Gasteiger partial charge in [-0.25, -0.2) is 0 Å². The normalized spacial score (nSPS) is 0. The van der Waals surface area contributed by atoms with E-state index < -0.39 is 0 Å². The van der Waals surface area contributed by atoms with E-state index in [1.165, 1.54) is 0 Å². The van der Waals surface area contributed by atoms with Gasteiger partial charge in [-0.2, -0.15) is 0 Å². The Hall–Kier alpha value is 0.941. The third-order valence-electron chi connectivity index (χ3n) is 0. The number of rotatable bonds is 0. The second kappa shape index (κ2) is 637. The summed E-state index contributed by atoms with van der Waals surface area (Å²) in [4.78, 5) is 0. The van der Waals surface area contributed by atoms with Gasteiger partial charge in [0, 0.05) is 0 Å². The number of hydrogen-bond acceptors (Lipinski definition) is 7. The van der Waals surface area contributed by atoms with Crippen LogP contribution in [0, 0.1) is 0 Å². The molecule has 0 bridgehead atoms. The molecule has 7 nitrogen and oxygen atoms in total. The Morgan fingerprint density at radius 2 is 0.333 bits per heavy atom. The van der Waals surface area contributed by atoms with Gasteiger partial charge < -0.3 is 38.3 Å². The quantitative estimate of drug-likeness (QED) is 0.452. The van der Waals surface area contributed by atoms with E-state index in [9.17, 15) is 0 Å². The summed E-state index contributed by atoms with van der Waals surface area (Å²) in [5.41, 5.74) is 0. The molecule has 0 atom stereocenters. The molecule has 0 amide bonds. The zero-order valence-electron chi connectivity index (χ0n) is 4.12. The van der Waals surface area contributed by atoms with Gasteiger partial charge in [-0.3, -0.25) is 0 Å². The van der Waals surface area contributed by atoms with Gasteiger partial charge in [-0.05, 0) is 0 Å². The predicted octanol–water partition coefficient (Wildman–Crippen LogP) is -1.62. The molecule has 0 fully saturated rings. The van der Waals surface area contributed by atoms with Crippen molar-refractivity contribution in [3.63, 3.8) is 0 Å². The molecule has 0 radical (unpaired) electrons. The van der Waals surface area contributed by atoms with Crippen LogP contribution in [-0.4, -0.2) is 55.7 Å². The molecule has 7 N–H and O–H groups in total. The zero-order chi connectivity index (χ0) is 0. The van der Waals surface area contributed by atoms with Crippen molar-refractivity contribution in [2.45, 2.75) is 0 Å². The van der Waals surface area contributed by atoms with Crippen LogP contribution in [0.25, 0.3) is 0 Å². The zero-order valence-corrected chi connectivity index (χ0v) is 7.28. The molecular formula is H7AlMoO7. The van der Waals surface area contributed by atoms with Crippen LogP contribution in [0.1, 0.15) is 0 Å². The van der Waals surface area contributed by atoms with Crippen molar-refractivity contribution in [1.82, 2.24) is 0 Å². The Labute approximate surface area is 77.0 Å². The van der Waals surface area contributed by atoms with Gasteiger partial charge >= 0.3 is 38.4 Å². The van der Waals surface area contributed by atoms with Crippen molar-refractivity contribution in [3.8, 4) is 0 Å². The van der Waals surface area contributed by atoms with Crippen LogP contribution >= 0.6 is 0 Å². The topological polar surface area (TPSA) is 210 Å². The molecule has 0 saturated heterocycles. The van der Waals surface area contributed by atoms with Gasteiger partial charge in [0.15, 0.2) is 0 Å². The second-order valence-electron chi connectivity index (χ2n) is 0. The van der Waals surface area contributed by atoms with E-state index in [1.807, 2.05) is 0 Å². The Bertz CT molecular complexity index is 8.88. The summed E-state index contributed by atoms with van der Waals surface area (Å²) in [6.45, 7) is 0. The molecule has 0 aromatic carbocycles. The van der Waals surface area contributed by atoms with Crippen molar-refractivity contribution < 1.29 is 59.4 Å². The van der Waals surface area contributed by atoms with Crippen molar-refractivity contribution in [1.29, 1.82) is 0 Å². The average Bonchev–Trinajstić information content (AvgIpc) is 0. The van der Waals surface area contributed by atoms with E-state index in [2.05, 4.69) is 0 Å². The largest absolute Gasteiger partial charge is 4.00 e. The minimum atomic E-state index is 0. The molecule has 0 spiro atoms. The molecule has 58 valence electrons. The van der Waals surface area contributed by atoms with Crippen LogP contribution in [0.3, 0.4) is 0 Å². The van der Waals surface area contributed by atoms with Crippen LogP contribution in [-0.2, 0) is 21.1 Å². The van der Waals surface area contributed by atoms with E-state index in [-0.39, 0.29) is 76.8 Å². The first-order chi connectivity index (χ1) is 0. The van der Waals surface area contributed by atoms with Crippen LogP contribution < -0.4 is 0 Å². The molecular weight excluding hydrogens is 235 g/mol. The third kappa shape index (κ3) is 487. The molecule has 9 heavy (non-hydrogen) atoms. The van der Waals surface area contributed by atoms with Crippen molar-refractivity contribution >= 4 is 17.4 Å². The Morgan fingerprint density at radius 3 is 0.333 bits per heavy atom. The van der Waals surface area contributed by atoms with E-state index in [0.717, 1.165) is 0 Å². The van der Waals surface area contributed by atoms with Gasteiger partial charge in [0.1, 0.15) is 0 Å². The summed E-state index contributed by atoms with van der Waals surface area (Å²) in [6, 6.07) is 0. The molecule has 9 heteroatoms. The van der Waals surface area contributed by atoms with Crippen LogP contribution in [0.4, 0.5) is 0 Å². The van der Waals surface area contributed by atoms with Crippen LogP contribution in [0.5, 0.6) is 0 Å². The third-order valence-corrected chi connectivity index (χ3v) is 0. The monoisotopic (exact) mass is 244 g/mol. The van der Waals surface area contributed by atoms with Gasteiger partial charge in [0.25, 0.3) is 0 Å². The molecule has 0 aliphatic rings.